The van der Waals surface area contributed by atoms with Gasteiger partial charge in [-0.15, -0.1) is 0 Å². The minimum atomic E-state index is -3.26. The van der Waals surface area contributed by atoms with Crippen molar-refractivity contribution in [3.63, 3.8) is 0 Å². The van der Waals surface area contributed by atoms with Crippen molar-refractivity contribution < 1.29 is 17.9 Å². The average molecular weight is 435 g/mol. The summed E-state index contributed by atoms with van der Waals surface area (Å²) in [6.07, 6.45) is 1.17. The zero-order chi connectivity index (χ0) is 18.9. The second-order valence-electron chi connectivity index (χ2n) is 5.63. The van der Waals surface area contributed by atoms with E-state index in [2.05, 4.69) is 26.1 Å². The lowest BCUT2D eigenvalue weighted by Gasteiger charge is -2.06. The molecule has 0 amide bonds. The van der Waals surface area contributed by atoms with Gasteiger partial charge < -0.3 is 4.74 Å². The Morgan fingerprint density at radius 1 is 1.04 bits per heavy atom. The third-order valence-electron chi connectivity index (χ3n) is 3.87. The quantitative estimate of drug-likeness (QED) is 0.632. The summed E-state index contributed by atoms with van der Waals surface area (Å²) in [4.78, 5) is 11.8. The molecule has 26 heavy (non-hydrogen) atoms. The molecule has 0 radical (unpaired) electrons. The first-order valence-corrected chi connectivity index (χ1v) is 10.2. The third-order valence-corrected chi connectivity index (χ3v) is 5.58. The maximum atomic E-state index is 11.6. The minimum absolute atomic E-state index is 0.254. The zero-order valence-corrected chi connectivity index (χ0v) is 16.4. The number of aromatic amines is 1. The Kier molecular flexibility index (Phi) is 4.97. The maximum Gasteiger partial charge on any atom is 0.337 e. The number of hydrogen-bond donors (Lipinski definition) is 1. The van der Waals surface area contributed by atoms with Gasteiger partial charge in [0.15, 0.2) is 9.84 Å². The summed E-state index contributed by atoms with van der Waals surface area (Å²) in [5.41, 5.74) is 3.55. The van der Waals surface area contributed by atoms with Gasteiger partial charge in [0, 0.05) is 17.4 Å². The van der Waals surface area contributed by atoms with E-state index < -0.39 is 15.8 Å². The van der Waals surface area contributed by atoms with Crippen molar-refractivity contribution in [2.45, 2.75) is 4.90 Å². The molecule has 134 valence electrons. The molecule has 0 saturated carbocycles. The highest BCUT2D eigenvalue weighted by atomic mass is 79.9. The van der Waals surface area contributed by atoms with Crippen LogP contribution in [0.2, 0.25) is 0 Å². The van der Waals surface area contributed by atoms with Gasteiger partial charge in [-0.2, -0.15) is 5.10 Å². The van der Waals surface area contributed by atoms with Gasteiger partial charge in [-0.05, 0) is 45.8 Å². The number of benzene rings is 2. The lowest BCUT2D eigenvalue weighted by molar-refractivity contribution is 0.0600. The summed E-state index contributed by atoms with van der Waals surface area (Å²) in [5, 5.41) is 7.21. The van der Waals surface area contributed by atoms with Crippen LogP contribution in [-0.2, 0) is 14.6 Å². The van der Waals surface area contributed by atoms with Crippen LogP contribution >= 0.6 is 15.9 Å². The Labute approximate surface area is 159 Å². The fourth-order valence-corrected chi connectivity index (χ4v) is 3.68. The summed E-state index contributed by atoms with van der Waals surface area (Å²) >= 11 is 3.45. The van der Waals surface area contributed by atoms with Gasteiger partial charge in [-0.25, -0.2) is 13.2 Å². The summed E-state index contributed by atoms with van der Waals surface area (Å²) in [7, 11) is -1.92. The summed E-state index contributed by atoms with van der Waals surface area (Å²) < 4.78 is 28.6. The van der Waals surface area contributed by atoms with Crippen molar-refractivity contribution in [2.75, 3.05) is 13.4 Å². The molecule has 0 aliphatic heterocycles. The normalized spacial score (nSPS) is 11.3. The van der Waals surface area contributed by atoms with E-state index >= 15 is 0 Å². The number of methoxy groups -OCH3 is 1. The number of esters is 1. The van der Waals surface area contributed by atoms with Gasteiger partial charge >= 0.3 is 5.97 Å². The van der Waals surface area contributed by atoms with Crippen molar-refractivity contribution in [1.82, 2.24) is 10.2 Å². The van der Waals surface area contributed by atoms with Crippen LogP contribution in [0.25, 0.3) is 22.4 Å². The van der Waals surface area contributed by atoms with Crippen LogP contribution in [0.1, 0.15) is 10.4 Å². The summed E-state index contributed by atoms with van der Waals surface area (Å²) in [5.74, 6) is -0.406. The van der Waals surface area contributed by atoms with Crippen LogP contribution < -0.4 is 0 Å². The summed E-state index contributed by atoms with van der Waals surface area (Å²) in [6.45, 7) is 0. The van der Waals surface area contributed by atoms with Gasteiger partial charge in [0.1, 0.15) is 10.3 Å². The van der Waals surface area contributed by atoms with Crippen molar-refractivity contribution in [3.8, 4) is 22.4 Å². The molecule has 0 bridgehead atoms. The van der Waals surface area contributed by atoms with E-state index in [4.69, 9.17) is 4.74 Å². The predicted molar refractivity (Wildman–Crippen MR) is 102 cm³/mol. The molecule has 1 heterocycles. The van der Waals surface area contributed by atoms with Crippen LogP contribution in [-0.4, -0.2) is 38.0 Å². The van der Waals surface area contributed by atoms with Crippen LogP contribution in [0.5, 0.6) is 0 Å². The fourth-order valence-electron chi connectivity index (χ4n) is 2.54. The highest BCUT2D eigenvalue weighted by Gasteiger charge is 2.17. The Balaban J connectivity index is 2.03. The highest BCUT2D eigenvalue weighted by molar-refractivity contribution is 9.10. The Bertz CT molecular complexity index is 1060. The monoisotopic (exact) mass is 434 g/mol. The number of hydrogen-bond acceptors (Lipinski definition) is 5. The van der Waals surface area contributed by atoms with Crippen molar-refractivity contribution in [1.29, 1.82) is 0 Å². The number of rotatable bonds is 4. The van der Waals surface area contributed by atoms with Crippen molar-refractivity contribution in [3.05, 3.63) is 58.7 Å². The molecule has 3 rings (SSSR count). The van der Waals surface area contributed by atoms with Gasteiger partial charge in [-0.3, -0.25) is 5.10 Å². The first-order chi connectivity index (χ1) is 12.3. The largest absolute Gasteiger partial charge is 0.465 e. The second-order valence-corrected chi connectivity index (χ2v) is 8.44. The molecule has 0 saturated heterocycles. The molecule has 1 N–H and O–H groups in total. The number of H-pyrrole nitrogens is 1. The molecule has 0 fully saturated rings. The first-order valence-electron chi connectivity index (χ1n) is 7.54. The molecular formula is C18H15BrN2O4S. The number of nitrogens with zero attached hydrogens (tertiary/aromatic N) is 1. The smallest absolute Gasteiger partial charge is 0.337 e. The van der Waals surface area contributed by atoms with E-state index in [1.165, 1.54) is 13.4 Å². The molecule has 0 aliphatic carbocycles. The van der Waals surface area contributed by atoms with Crippen molar-refractivity contribution in [2.24, 2.45) is 0 Å². The molecule has 8 heteroatoms. The maximum absolute atomic E-state index is 11.6. The number of aromatic nitrogens is 2. The Morgan fingerprint density at radius 2 is 1.62 bits per heavy atom. The Morgan fingerprint density at radius 3 is 2.15 bits per heavy atom. The number of ether oxygens (including phenoxy) is 1. The van der Waals surface area contributed by atoms with E-state index in [0.717, 1.165) is 16.7 Å². The lowest BCUT2D eigenvalue weighted by atomic mass is 10.0. The molecule has 2 aromatic carbocycles. The van der Waals surface area contributed by atoms with E-state index in [0.29, 0.717) is 15.9 Å². The molecule has 0 aliphatic rings. The number of carbonyl (C=O) groups excluding carboxylic acids is 1. The molecular weight excluding hydrogens is 420 g/mol. The number of nitrogens with one attached hydrogen (secondary N) is 1. The van der Waals surface area contributed by atoms with Gasteiger partial charge in [0.25, 0.3) is 0 Å². The topological polar surface area (TPSA) is 89.1 Å². The first kappa shape index (κ1) is 18.3. The number of carbonyl (C=O) groups is 1. The molecule has 3 aromatic rings. The van der Waals surface area contributed by atoms with E-state index in [1.807, 2.05) is 0 Å². The standard InChI is InChI=1S/C18H15BrN2O4S/c1-25-18(22)13-5-3-12(4-6-13)16-15(17(19)21-20-16)11-7-9-14(10-8-11)26(2,23)24/h3-10H,1-2H3,(H,20,21). The summed E-state index contributed by atoms with van der Waals surface area (Å²) in [6, 6.07) is 13.5. The van der Waals surface area contributed by atoms with E-state index in [-0.39, 0.29) is 4.90 Å². The van der Waals surface area contributed by atoms with Crippen molar-refractivity contribution >= 4 is 31.7 Å². The van der Waals surface area contributed by atoms with E-state index in [9.17, 15) is 13.2 Å². The highest BCUT2D eigenvalue weighted by Crippen LogP contribution is 2.36. The number of halogens is 1. The SMILES string of the molecule is COC(=O)c1ccc(-c2n[nH]c(Br)c2-c2ccc(S(C)(=O)=O)cc2)cc1. The van der Waals surface area contributed by atoms with Gasteiger partial charge in [0.05, 0.1) is 17.6 Å². The third kappa shape index (κ3) is 3.56. The van der Waals surface area contributed by atoms with Crippen LogP contribution in [0, 0.1) is 0 Å². The molecule has 0 atom stereocenters. The second kappa shape index (κ2) is 7.05. The Hall–Kier alpha value is -2.45. The van der Waals surface area contributed by atoms with Crippen LogP contribution in [0.15, 0.2) is 58.0 Å². The van der Waals surface area contributed by atoms with Gasteiger partial charge in [0.2, 0.25) is 0 Å². The molecule has 6 nitrogen and oxygen atoms in total. The lowest BCUT2D eigenvalue weighted by Crippen LogP contribution is -2.00. The van der Waals surface area contributed by atoms with E-state index in [1.54, 1.807) is 48.5 Å². The fraction of sp³-hybridized carbons (Fsp3) is 0.111. The number of sulfone groups is 1. The molecule has 0 unspecified atom stereocenters. The zero-order valence-electron chi connectivity index (χ0n) is 14.0. The minimum Gasteiger partial charge on any atom is -0.465 e. The predicted octanol–water partition coefficient (Wildman–Crippen LogP) is 3.70. The van der Waals surface area contributed by atoms with Crippen LogP contribution in [0.4, 0.5) is 0 Å². The van der Waals surface area contributed by atoms with Gasteiger partial charge in [-0.1, -0.05) is 24.3 Å². The van der Waals surface area contributed by atoms with Crippen LogP contribution in [0.3, 0.4) is 0 Å². The average Bonchev–Trinajstić information content (AvgIpc) is 3.02. The molecule has 1 aromatic heterocycles. The molecule has 0 spiro atoms.